The average Bonchev–Trinajstić information content (AvgIpc) is 2.53. The van der Waals surface area contributed by atoms with E-state index < -0.39 is 6.10 Å². The molecule has 0 aliphatic carbocycles. The Hall–Kier alpha value is -1.98. The predicted octanol–water partition coefficient (Wildman–Crippen LogP) is 3.57. The molecule has 1 atom stereocenters. The number of carbonyl (C=O) groups excluding carboxylic acids is 1. The van der Waals surface area contributed by atoms with Gasteiger partial charge in [0.1, 0.15) is 0 Å². The molecule has 2 aromatic carbocycles. The van der Waals surface area contributed by atoms with Gasteiger partial charge in [-0.2, -0.15) is 0 Å². The van der Waals surface area contributed by atoms with Crippen molar-refractivity contribution in [1.82, 2.24) is 5.32 Å². The highest BCUT2D eigenvalue weighted by atomic mass is 32.2. The van der Waals surface area contributed by atoms with Crippen LogP contribution in [0, 0.1) is 6.92 Å². The summed E-state index contributed by atoms with van der Waals surface area (Å²) >= 11 is 1.62. The van der Waals surface area contributed by atoms with Crippen LogP contribution >= 0.6 is 11.8 Å². The first-order chi connectivity index (χ1) is 10.6. The molecule has 0 fully saturated rings. The Bertz CT molecular complexity index is 646. The minimum atomic E-state index is -0.718. The van der Waals surface area contributed by atoms with E-state index in [1.54, 1.807) is 11.8 Å². The van der Waals surface area contributed by atoms with Crippen LogP contribution in [0.4, 0.5) is 10.5 Å². The summed E-state index contributed by atoms with van der Waals surface area (Å²) in [6, 6.07) is 14.9. The fourth-order valence-corrected chi connectivity index (χ4v) is 2.60. The van der Waals surface area contributed by atoms with Crippen LogP contribution in [-0.4, -0.2) is 23.9 Å². The lowest BCUT2D eigenvalue weighted by molar-refractivity contribution is 0.174. The molecule has 3 N–H and O–H groups in total. The van der Waals surface area contributed by atoms with Crippen LogP contribution in [0.2, 0.25) is 0 Å². The molecule has 5 heteroatoms. The lowest BCUT2D eigenvalue weighted by Crippen LogP contribution is -2.32. The summed E-state index contributed by atoms with van der Waals surface area (Å²) in [5, 5.41) is 15.6. The van der Waals surface area contributed by atoms with Gasteiger partial charge >= 0.3 is 6.03 Å². The Morgan fingerprint density at radius 1 is 1.23 bits per heavy atom. The van der Waals surface area contributed by atoms with Crippen LogP contribution in [0.3, 0.4) is 0 Å². The highest BCUT2D eigenvalue weighted by molar-refractivity contribution is 7.98. The van der Waals surface area contributed by atoms with Crippen molar-refractivity contribution < 1.29 is 9.90 Å². The molecule has 0 aliphatic rings. The number of aliphatic hydroxyl groups excluding tert-OH is 1. The molecular formula is C17H20N2O2S. The van der Waals surface area contributed by atoms with Gasteiger partial charge in [0, 0.05) is 17.1 Å². The van der Waals surface area contributed by atoms with Crippen molar-refractivity contribution >= 4 is 23.5 Å². The average molecular weight is 316 g/mol. The maximum Gasteiger partial charge on any atom is 0.319 e. The van der Waals surface area contributed by atoms with Crippen LogP contribution in [0.5, 0.6) is 0 Å². The number of anilines is 1. The first-order valence-corrected chi connectivity index (χ1v) is 8.25. The first-order valence-electron chi connectivity index (χ1n) is 7.02. The highest BCUT2D eigenvalue weighted by Gasteiger charge is 2.11. The topological polar surface area (TPSA) is 61.4 Å². The lowest BCUT2D eigenvalue weighted by Gasteiger charge is -2.15. The van der Waals surface area contributed by atoms with Gasteiger partial charge in [-0.05, 0) is 42.5 Å². The maximum atomic E-state index is 11.9. The largest absolute Gasteiger partial charge is 0.387 e. The predicted molar refractivity (Wildman–Crippen MR) is 91.4 cm³/mol. The second-order valence-electron chi connectivity index (χ2n) is 4.94. The highest BCUT2D eigenvalue weighted by Crippen LogP contribution is 2.19. The molecule has 116 valence electrons. The Morgan fingerprint density at radius 2 is 2.00 bits per heavy atom. The third-order valence-corrected chi connectivity index (χ3v) is 4.06. The van der Waals surface area contributed by atoms with E-state index in [2.05, 4.69) is 10.6 Å². The van der Waals surface area contributed by atoms with Crippen molar-refractivity contribution in [3.63, 3.8) is 0 Å². The summed E-state index contributed by atoms with van der Waals surface area (Å²) in [5.41, 5.74) is 2.56. The summed E-state index contributed by atoms with van der Waals surface area (Å²) in [6.45, 7) is 2.10. The monoisotopic (exact) mass is 316 g/mol. The molecular weight excluding hydrogens is 296 g/mol. The fraction of sp³-hybridized carbons (Fsp3) is 0.235. The van der Waals surface area contributed by atoms with Gasteiger partial charge in [0.2, 0.25) is 0 Å². The number of thioether (sulfide) groups is 1. The number of hydrogen-bond donors (Lipinski definition) is 3. The molecule has 0 aromatic heterocycles. The quantitative estimate of drug-likeness (QED) is 0.739. The van der Waals surface area contributed by atoms with E-state index in [0.717, 1.165) is 21.7 Å². The van der Waals surface area contributed by atoms with E-state index in [-0.39, 0.29) is 12.6 Å². The van der Waals surface area contributed by atoms with E-state index in [9.17, 15) is 9.90 Å². The zero-order valence-electron chi connectivity index (χ0n) is 12.7. The smallest absolute Gasteiger partial charge is 0.319 e. The van der Waals surface area contributed by atoms with E-state index in [1.165, 1.54) is 0 Å². The minimum Gasteiger partial charge on any atom is -0.387 e. The Balaban J connectivity index is 1.88. The van der Waals surface area contributed by atoms with Crippen molar-refractivity contribution in [3.8, 4) is 0 Å². The van der Waals surface area contributed by atoms with Crippen LogP contribution in [-0.2, 0) is 0 Å². The molecule has 2 amide bonds. The minimum absolute atomic E-state index is 0.166. The van der Waals surface area contributed by atoms with Gasteiger partial charge in [-0.25, -0.2) is 4.79 Å². The molecule has 0 saturated heterocycles. The van der Waals surface area contributed by atoms with E-state index >= 15 is 0 Å². The van der Waals surface area contributed by atoms with Crippen LogP contribution < -0.4 is 10.6 Å². The third kappa shape index (κ3) is 4.51. The zero-order chi connectivity index (χ0) is 15.9. The summed E-state index contributed by atoms with van der Waals surface area (Å²) in [4.78, 5) is 13.0. The molecule has 0 bridgehead atoms. The summed E-state index contributed by atoms with van der Waals surface area (Å²) < 4.78 is 0. The zero-order valence-corrected chi connectivity index (χ0v) is 13.5. The number of amides is 2. The van der Waals surface area contributed by atoms with Gasteiger partial charge in [-0.3, -0.25) is 0 Å². The third-order valence-electron chi connectivity index (χ3n) is 3.33. The number of aliphatic hydroxyl groups is 1. The number of aryl methyl sites for hydroxylation is 1. The molecule has 0 radical (unpaired) electrons. The summed E-state index contributed by atoms with van der Waals surface area (Å²) in [7, 11) is 0. The van der Waals surface area contributed by atoms with Gasteiger partial charge in [-0.1, -0.05) is 30.3 Å². The number of urea groups is 1. The van der Waals surface area contributed by atoms with Crippen LogP contribution in [0.15, 0.2) is 53.4 Å². The number of benzene rings is 2. The Labute approximate surface area is 134 Å². The van der Waals surface area contributed by atoms with Crippen molar-refractivity contribution in [2.45, 2.75) is 17.9 Å². The van der Waals surface area contributed by atoms with Crippen molar-refractivity contribution in [2.24, 2.45) is 0 Å². The maximum absolute atomic E-state index is 11.9. The van der Waals surface area contributed by atoms with E-state index in [4.69, 9.17) is 0 Å². The van der Waals surface area contributed by atoms with Crippen LogP contribution in [0.1, 0.15) is 17.2 Å². The van der Waals surface area contributed by atoms with Crippen LogP contribution in [0.25, 0.3) is 0 Å². The molecule has 1 unspecified atom stereocenters. The number of rotatable bonds is 5. The fourth-order valence-electron chi connectivity index (χ4n) is 2.14. The molecule has 0 spiro atoms. The second-order valence-corrected chi connectivity index (χ2v) is 5.82. The summed E-state index contributed by atoms with van der Waals surface area (Å²) in [5.74, 6) is 0. The van der Waals surface area contributed by atoms with E-state index in [1.807, 2.05) is 61.7 Å². The molecule has 2 aromatic rings. The molecule has 22 heavy (non-hydrogen) atoms. The van der Waals surface area contributed by atoms with E-state index in [0.29, 0.717) is 0 Å². The number of nitrogens with one attached hydrogen (secondary N) is 2. The van der Waals surface area contributed by atoms with Gasteiger partial charge in [-0.15, -0.1) is 11.8 Å². The van der Waals surface area contributed by atoms with Crippen molar-refractivity contribution in [2.75, 3.05) is 18.1 Å². The SMILES string of the molecule is CSc1cccc(NC(=O)NCC(O)c2ccccc2C)c1. The van der Waals surface area contributed by atoms with Crippen molar-refractivity contribution in [1.29, 1.82) is 0 Å². The Morgan fingerprint density at radius 3 is 2.73 bits per heavy atom. The van der Waals surface area contributed by atoms with Gasteiger partial charge in [0.25, 0.3) is 0 Å². The van der Waals surface area contributed by atoms with Gasteiger partial charge in [0.15, 0.2) is 0 Å². The molecule has 0 aliphatic heterocycles. The number of carbonyl (C=O) groups is 1. The lowest BCUT2D eigenvalue weighted by atomic mass is 10.0. The number of hydrogen-bond acceptors (Lipinski definition) is 3. The molecule has 0 saturated carbocycles. The molecule has 2 rings (SSSR count). The standard InChI is InChI=1S/C17H20N2O2S/c1-12-6-3-4-9-15(12)16(20)11-18-17(21)19-13-7-5-8-14(10-13)22-2/h3-10,16,20H,11H2,1-2H3,(H2,18,19,21). The normalized spacial score (nSPS) is 11.8. The van der Waals surface area contributed by atoms with Crippen molar-refractivity contribution in [3.05, 3.63) is 59.7 Å². The van der Waals surface area contributed by atoms with Gasteiger partial charge in [0.05, 0.1) is 6.10 Å². The molecule has 4 nitrogen and oxygen atoms in total. The second kappa shape index (κ2) is 7.87. The summed E-state index contributed by atoms with van der Waals surface area (Å²) in [6.07, 6.45) is 1.27. The first kappa shape index (κ1) is 16.4. The Kier molecular flexibility index (Phi) is 5.86. The molecule has 0 heterocycles. The van der Waals surface area contributed by atoms with Gasteiger partial charge < -0.3 is 15.7 Å².